The lowest BCUT2D eigenvalue weighted by Gasteiger charge is -2.17. The highest BCUT2D eigenvalue weighted by Crippen LogP contribution is 2.20. The zero-order chi connectivity index (χ0) is 14.5. The molecule has 0 radical (unpaired) electrons. The van der Waals surface area contributed by atoms with Gasteiger partial charge in [0.25, 0.3) is 0 Å². The maximum atomic E-state index is 13.7. The van der Waals surface area contributed by atoms with Gasteiger partial charge in [-0.2, -0.15) is 0 Å². The van der Waals surface area contributed by atoms with E-state index in [1.807, 2.05) is 24.3 Å². The summed E-state index contributed by atoms with van der Waals surface area (Å²) >= 11 is 12.0. The predicted octanol–water partition coefficient (Wildman–Crippen LogP) is 3.75. The lowest BCUT2D eigenvalue weighted by Crippen LogP contribution is -2.38. The van der Waals surface area contributed by atoms with Gasteiger partial charge in [-0.3, -0.25) is 11.3 Å². The molecule has 0 fully saturated rings. The van der Waals surface area contributed by atoms with Crippen molar-refractivity contribution in [2.24, 2.45) is 5.84 Å². The second-order valence-corrected chi connectivity index (χ2v) is 5.44. The van der Waals surface area contributed by atoms with Crippen molar-refractivity contribution in [3.63, 3.8) is 0 Å². The van der Waals surface area contributed by atoms with E-state index in [4.69, 9.17) is 29.0 Å². The number of halogens is 3. The van der Waals surface area contributed by atoms with Gasteiger partial charge in [-0.15, -0.1) is 0 Å². The Hall–Kier alpha value is -1.13. The Bertz CT molecular complexity index is 590. The Morgan fingerprint density at radius 2 is 1.75 bits per heavy atom. The molecular weight excluding hydrogens is 298 g/mol. The number of hydrazine groups is 1. The standard InChI is InChI=1S/C15H15Cl2FN2/c16-12-5-6-15(18)11(7-12)9-13(20-19)8-10-3-1-2-4-14(10)17/h1-7,13,20H,8-9,19H2. The van der Waals surface area contributed by atoms with Crippen molar-refractivity contribution in [2.45, 2.75) is 18.9 Å². The molecule has 5 heteroatoms. The second kappa shape index (κ2) is 7.04. The van der Waals surface area contributed by atoms with Gasteiger partial charge >= 0.3 is 0 Å². The molecule has 0 aliphatic carbocycles. The molecule has 0 heterocycles. The summed E-state index contributed by atoms with van der Waals surface area (Å²) < 4.78 is 13.7. The fraction of sp³-hybridized carbons (Fsp3) is 0.200. The van der Waals surface area contributed by atoms with E-state index in [0.717, 1.165) is 5.56 Å². The van der Waals surface area contributed by atoms with Crippen LogP contribution >= 0.6 is 23.2 Å². The van der Waals surface area contributed by atoms with Crippen molar-refractivity contribution in [3.8, 4) is 0 Å². The number of rotatable bonds is 5. The van der Waals surface area contributed by atoms with Crippen molar-refractivity contribution in [3.05, 3.63) is 69.5 Å². The lowest BCUT2D eigenvalue weighted by molar-refractivity contribution is 0.506. The molecule has 0 bridgehead atoms. The lowest BCUT2D eigenvalue weighted by atomic mass is 9.99. The van der Waals surface area contributed by atoms with Gasteiger partial charge in [0.05, 0.1) is 0 Å². The summed E-state index contributed by atoms with van der Waals surface area (Å²) in [6.45, 7) is 0. The maximum Gasteiger partial charge on any atom is 0.126 e. The van der Waals surface area contributed by atoms with Crippen LogP contribution in [0.25, 0.3) is 0 Å². The molecule has 0 aliphatic heterocycles. The number of hydrogen-bond acceptors (Lipinski definition) is 2. The van der Waals surface area contributed by atoms with Gasteiger partial charge in [-0.25, -0.2) is 4.39 Å². The summed E-state index contributed by atoms with van der Waals surface area (Å²) in [5.74, 6) is 5.27. The number of nitrogens with two attached hydrogens (primary N) is 1. The minimum Gasteiger partial charge on any atom is -0.271 e. The summed E-state index contributed by atoms with van der Waals surface area (Å²) in [6, 6.07) is 11.9. The summed E-state index contributed by atoms with van der Waals surface area (Å²) in [5.41, 5.74) is 4.21. The van der Waals surface area contributed by atoms with Crippen molar-refractivity contribution >= 4 is 23.2 Å². The molecule has 0 saturated carbocycles. The van der Waals surface area contributed by atoms with Gasteiger partial charge in [-0.05, 0) is 48.2 Å². The van der Waals surface area contributed by atoms with E-state index in [0.29, 0.717) is 28.5 Å². The zero-order valence-electron chi connectivity index (χ0n) is 10.7. The second-order valence-electron chi connectivity index (χ2n) is 4.60. The van der Waals surface area contributed by atoms with Crippen LogP contribution < -0.4 is 11.3 Å². The van der Waals surface area contributed by atoms with Crippen LogP contribution in [0.1, 0.15) is 11.1 Å². The molecule has 2 aromatic carbocycles. The van der Waals surface area contributed by atoms with E-state index in [1.54, 1.807) is 6.07 Å². The van der Waals surface area contributed by atoms with Crippen LogP contribution in [0.4, 0.5) is 4.39 Å². The molecule has 1 atom stereocenters. The largest absolute Gasteiger partial charge is 0.271 e. The first-order valence-corrected chi connectivity index (χ1v) is 6.99. The highest BCUT2D eigenvalue weighted by Gasteiger charge is 2.13. The van der Waals surface area contributed by atoms with Gasteiger partial charge in [0.15, 0.2) is 0 Å². The smallest absolute Gasteiger partial charge is 0.126 e. The molecule has 0 spiro atoms. The Kier molecular flexibility index (Phi) is 5.38. The third kappa shape index (κ3) is 3.93. The minimum absolute atomic E-state index is 0.122. The highest BCUT2D eigenvalue weighted by atomic mass is 35.5. The summed E-state index contributed by atoms with van der Waals surface area (Å²) in [4.78, 5) is 0. The first-order valence-electron chi connectivity index (χ1n) is 6.23. The average Bonchev–Trinajstić information content (AvgIpc) is 2.44. The van der Waals surface area contributed by atoms with Gasteiger partial charge in [0.1, 0.15) is 5.82 Å². The van der Waals surface area contributed by atoms with Gasteiger partial charge < -0.3 is 0 Å². The minimum atomic E-state index is -0.284. The molecule has 0 amide bonds. The van der Waals surface area contributed by atoms with Crippen molar-refractivity contribution in [1.29, 1.82) is 0 Å². The first-order chi connectivity index (χ1) is 9.60. The van der Waals surface area contributed by atoms with Crippen molar-refractivity contribution in [2.75, 3.05) is 0 Å². The van der Waals surface area contributed by atoms with Crippen molar-refractivity contribution in [1.82, 2.24) is 5.43 Å². The Labute approximate surface area is 127 Å². The Morgan fingerprint density at radius 1 is 1.05 bits per heavy atom. The average molecular weight is 313 g/mol. The molecule has 0 aliphatic rings. The van der Waals surface area contributed by atoms with Crippen LogP contribution in [0.2, 0.25) is 10.0 Å². The third-order valence-electron chi connectivity index (χ3n) is 3.13. The molecule has 2 nitrogen and oxygen atoms in total. The SMILES string of the molecule is NNC(Cc1cc(Cl)ccc1F)Cc1ccccc1Cl. The molecule has 0 aromatic heterocycles. The molecule has 1 unspecified atom stereocenters. The van der Waals surface area contributed by atoms with E-state index < -0.39 is 0 Å². The third-order valence-corrected chi connectivity index (χ3v) is 3.74. The predicted molar refractivity (Wildman–Crippen MR) is 81.4 cm³/mol. The molecule has 2 aromatic rings. The zero-order valence-corrected chi connectivity index (χ0v) is 12.3. The van der Waals surface area contributed by atoms with Gasteiger partial charge in [0, 0.05) is 16.1 Å². The van der Waals surface area contributed by atoms with Crippen LogP contribution in [0.3, 0.4) is 0 Å². The topological polar surface area (TPSA) is 38.0 Å². The number of hydrogen-bond donors (Lipinski definition) is 2. The van der Waals surface area contributed by atoms with E-state index in [2.05, 4.69) is 5.43 Å². The van der Waals surface area contributed by atoms with Crippen LogP contribution in [0.15, 0.2) is 42.5 Å². The normalized spacial score (nSPS) is 12.4. The van der Waals surface area contributed by atoms with Crippen LogP contribution in [-0.4, -0.2) is 6.04 Å². The monoisotopic (exact) mass is 312 g/mol. The first kappa shape index (κ1) is 15.3. The molecule has 2 rings (SSSR count). The molecule has 3 N–H and O–H groups in total. The van der Waals surface area contributed by atoms with E-state index in [9.17, 15) is 4.39 Å². The van der Waals surface area contributed by atoms with E-state index in [-0.39, 0.29) is 11.9 Å². The fourth-order valence-corrected chi connectivity index (χ4v) is 2.49. The maximum absolute atomic E-state index is 13.7. The fourth-order valence-electron chi connectivity index (χ4n) is 2.08. The Balaban J connectivity index is 2.13. The Morgan fingerprint density at radius 3 is 2.45 bits per heavy atom. The van der Waals surface area contributed by atoms with E-state index in [1.165, 1.54) is 12.1 Å². The summed E-state index contributed by atoms with van der Waals surface area (Å²) in [7, 11) is 0. The quantitative estimate of drug-likeness (QED) is 0.652. The van der Waals surface area contributed by atoms with Crippen molar-refractivity contribution < 1.29 is 4.39 Å². The van der Waals surface area contributed by atoms with Gasteiger partial charge in [-0.1, -0.05) is 41.4 Å². The van der Waals surface area contributed by atoms with E-state index >= 15 is 0 Å². The van der Waals surface area contributed by atoms with Gasteiger partial charge in [0.2, 0.25) is 0 Å². The number of nitrogens with one attached hydrogen (secondary N) is 1. The summed E-state index contributed by atoms with van der Waals surface area (Å²) in [6.07, 6.45) is 1.05. The molecule has 106 valence electrons. The highest BCUT2D eigenvalue weighted by molar-refractivity contribution is 6.31. The summed E-state index contributed by atoms with van der Waals surface area (Å²) in [5, 5.41) is 1.19. The van der Waals surface area contributed by atoms with Crippen LogP contribution in [0, 0.1) is 5.82 Å². The molecule has 0 saturated heterocycles. The molecular formula is C15H15Cl2FN2. The van der Waals surface area contributed by atoms with Crippen LogP contribution in [0.5, 0.6) is 0 Å². The molecule has 20 heavy (non-hydrogen) atoms. The number of benzene rings is 2. The van der Waals surface area contributed by atoms with Crippen LogP contribution in [-0.2, 0) is 12.8 Å².